The van der Waals surface area contributed by atoms with Crippen molar-refractivity contribution < 1.29 is 4.39 Å². The lowest BCUT2D eigenvalue weighted by atomic mass is 10.2. The van der Waals surface area contributed by atoms with Crippen LogP contribution in [0.2, 0.25) is 0 Å². The van der Waals surface area contributed by atoms with Crippen LogP contribution in [-0.2, 0) is 0 Å². The van der Waals surface area contributed by atoms with Gasteiger partial charge in [-0.1, -0.05) is 6.07 Å². The van der Waals surface area contributed by atoms with Gasteiger partial charge in [0.15, 0.2) is 0 Å². The van der Waals surface area contributed by atoms with Crippen molar-refractivity contribution in [3.8, 4) is 0 Å². The molecule has 1 nitrogen and oxygen atoms in total. The van der Waals surface area contributed by atoms with Gasteiger partial charge in [0.25, 0.3) is 0 Å². The molecule has 2 aromatic rings. The fourth-order valence-corrected chi connectivity index (χ4v) is 1.05. The summed E-state index contributed by atoms with van der Waals surface area (Å²) in [5, 5.41) is 0.655. The molecule has 0 atom stereocenters. The molecule has 1 aromatic heterocycles. The molecule has 2 heteroatoms. The molecule has 0 unspecified atom stereocenters. The third-order valence-electron chi connectivity index (χ3n) is 1.54. The molecule has 0 aliphatic heterocycles. The minimum absolute atomic E-state index is 0.168. The van der Waals surface area contributed by atoms with Gasteiger partial charge in [-0.15, -0.1) is 0 Å². The van der Waals surface area contributed by atoms with E-state index in [0.717, 1.165) is 5.52 Å². The summed E-state index contributed by atoms with van der Waals surface area (Å²) in [5.41, 5.74) is 0.847. The molecule has 0 aliphatic rings. The van der Waals surface area contributed by atoms with E-state index in [4.69, 9.17) is 0 Å². The second kappa shape index (κ2) is 1.84. The smallest absolute Gasteiger partial charge is 0.132 e. The quantitative estimate of drug-likeness (QED) is 0.569. The van der Waals surface area contributed by atoms with E-state index in [2.05, 4.69) is 4.98 Å². The zero-order valence-electron chi connectivity index (χ0n) is 5.26. The van der Waals surface area contributed by atoms with E-state index in [1.54, 1.807) is 18.3 Å². The van der Waals surface area contributed by atoms with Gasteiger partial charge in [-0.3, -0.25) is 0 Å². The van der Waals surface area contributed by atoms with Crippen molar-refractivity contribution in [1.29, 1.82) is 0 Å². The Morgan fingerprint density at radius 1 is 1.20 bits per heavy atom. The number of hydrogen-bond donors (Lipinski definition) is 1. The number of H-pyrrole nitrogens is 1. The second-order valence-corrected chi connectivity index (χ2v) is 2.18. The van der Waals surface area contributed by atoms with Crippen molar-refractivity contribution in [2.24, 2.45) is 0 Å². The summed E-state index contributed by atoms with van der Waals surface area (Å²) in [6.07, 6.45) is 1.73. The van der Waals surface area contributed by atoms with E-state index in [0.29, 0.717) is 5.39 Å². The first-order chi connectivity index (χ1) is 4.88. The Bertz CT molecular complexity index is 351. The number of hydrogen-bond acceptors (Lipinski definition) is 0. The Hall–Kier alpha value is -1.31. The third-order valence-corrected chi connectivity index (χ3v) is 1.54. The fraction of sp³-hybridized carbons (Fsp3) is 0. The van der Waals surface area contributed by atoms with E-state index < -0.39 is 0 Å². The van der Waals surface area contributed by atoms with Crippen LogP contribution < -0.4 is 0 Å². The molecule has 0 saturated carbocycles. The highest BCUT2D eigenvalue weighted by Crippen LogP contribution is 2.14. The molecule has 0 saturated heterocycles. The van der Waals surface area contributed by atoms with E-state index in [-0.39, 0.29) is 5.82 Å². The molecule has 0 bridgehead atoms. The first-order valence-corrected chi connectivity index (χ1v) is 3.09. The van der Waals surface area contributed by atoms with Gasteiger partial charge in [0.2, 0.25) is 0 Å². The van der Waals surface area contributed by atoms with Gasteiger partial charge < -0.3 is 4.98 Å². The number of benzene rings is 1. The Morgan fingerprint density at radius 3 is 2.90 bits per heavy atom. The highest BCUT2D eigenvalue weighted by molar-refractivity contribution is 5.79. The largest absolute Gasteiger partial charge is 0.361 e. The molecule has 0 aliphatic carbocycles. The maximum atomic E-state index is 12.8. The third kappa shape index (κ3) is 0.620. The molecule has 0 fully saturated rings. The molecule has 10 heavy (non-hydrogen) atoms. The first kappa shape index (κ1) is 5.47. The highest BCUT2D eigenvalue weighted by Gasteiger charge is 1.97. The molecule has 0 amide bonds. The molecule has 0 spiro atoms. The lowest BCUT2D eigenvalue weighted by Gasteiger charge is -1.88. The van der Waals surface area contributed by atoms with Gasteiger partial charge in [0.05, 0.1) is 0 Å². The summed E-state index contributed by atoms with van der Waals surface area (Å²) in [7, 11) is 0. The summed E-state index contributed by atoms with van der Waals surface area (Å²) in [6.45, 7) is 0. The topological polar surface area (TPSA) is 15.8 Å². The van der Waals surface area contributed by atoms with Gasteiger partial charge in [-0.05, 0) is 18.2 Å². The van der Waals surface area contributed by atoms with E-state index in [9.17, 15) is 4.39 Å². The van der Waals surface area contributed by atoms with Gasteiger partial charge >= 0.3 is 0 Å². The van der Waals surface area contributed by atoms with Crippen LogP contribution in [0, 0.1) is 5.82 Å². The van der Waals surface area contributed by atoms with Crippen LogP contribution in [-0.4, -0.2) is 4.98 Å². The summed E-state index contributed by atoms with van der Waals surface area (Å²) >= 11 is 0. The Kier molecular flexibility index (Phi) is 1.01. The number of fused-ring (bicyclic) bond motifs is 1. The highest BCUT2D eigenvalue weighted by atomic mass is 18.2. The predicted octanol–water partition coefficient (Wildman–Crippen LogP) is 2.31. The monoisotopic (exact) mass is 134 g/mol. The Balaban J connectivity index is 2.95. The van der Waals surface area contributed by atoms with Crippen molar-refractivity contribution >= 4 is 10.9 Å². The maximum absolute atomic E-state index is 12.8. The summed E-state index contributed by atoms with van der Waals surface area (Å²) in [5.74, 6) is -0.168. The SMILES string of the molecule is [18F]c1cccc2[nH]ccc12. The molecular weight excluding hydrogens is 128 g/mol. The van der Waals surface area contributed by atoms with Crippen LogP contribution in [0.15, 0.2) is 30.5 Å². The number of nitrogens with one attached hydrogen (secondary N) is 1. The molecule has 1 N–H and O–H groups in total. The van der Waals surface area contributed by atoms with E-state index in [1.165, 1.54) is 6.07 Å². The zero-order chi connectivity index (χ0) is 6.97. The molecule has 2 rings (SSSR count). The summed E-state index contributed by atoms with van der Waals surface area (Å²) in [6, 6.07) is 6.72. The standard InChI is InChI=1S/C8H6FN/c9-7-2-1-3-8-6(7)4-5-10-8/h1-5,10H/i9-1. The Labute approximate surface area is 57.5 Å². The molecule has 50 valence electrons. The lowest BCUT2D eigenvalue weighted by molar-refractivity contribution is 0.640. The average molecular weight is 134 g/mol. The van der Waals surface area contributed by atoms with Crippen LogP contribution in [0.5, 0.6) is 0 Å². The average Bonchev–Trinajstić information content (AvgIpc) is 2.36. The van der Waals surface area contributed by atoms with Crippen LogP contribution in [0.1, 0.15) is 0 Å². The van der Waals surface area contributed by atoms with Gasteiger partial charge in [0, 0.05) is 17.1 Å². The molecule has 0 radical (unpaired) electrons. The zero-order valence-corrected chi connectivity index (χ0v) is 5.26. The number of halogens is 1. The summed E-state index contributed by atoms with van der Waals surface area (Å²) < 4.78 is 12.8. The van der Waals surface area contributed by atoms with Crippen LogP contribution >= 0.6 is 0 Å². The van der Waals surface area contributed by atoms with Gasteiger partial charge in [-0.25, -0.2) is 4.39 Å². The minimum Gasteiger partial charge on any atom is -0.361 e. The van der Waals surface area contributed by atoms with Crippen LogP contribution in [0.4, 0.5) is 4.39 Å². The van der Waals surface area contributed by atoms with Crippen molar-refractivity contribution in [3.05, 3.63) is 36.3 Å². The molecule has 1 heterocycles. The van der Waals surface area contributed by atoms with Crippen molar-refractivity contribution in [2.45, 2.75) is 0 Å². The predicted molar refractivity (Wildman–Crippen MR) is 38.3 cm³/mol. The van der Waals surface area contributed by atoms with E-state index in [1.807, 2.05) is 6.07 Å². The minimum atomic E-state index is -0.168. The Morgan fingerprint density at radius 2 is 2.10 bits per heavy atom. The van der Waals surface area contributed by atoms with Crippen molar-refractivity contribution in [1.82, 2.24) is 4.98 Å². The van der Waals surface area contributed by atoms with Crippen molar-refractivity contribution in [3.63, 3.8) is 0 Å². The van der Waals surface area contributed by atoms with Crippen molar-refractivity contribution in [2.75, 3.05) is 0 Å². The van der Waals surface area contributed by atoms with Gasteiger partial charge in [-0.2, -0.15) is 0 Å². The van der Waals surface area contributed by atoms with E-state index >= 15 is 0 Å². The number of rotatable bonds is 0. The first-order valence-electron chi connectivity index (χ1n) is 3.09. The van der Waals surface area contributed by atoms with Crippen LogP contribution in [0.25, 0.3) is 10.9 Å². The molecular formula is C8H6FN. The lowest BCUT2D eigenvalue weighted by Crippen LogP contribution is -1.72. The normalized spacial score (nSPS) is 10.5. The summed E-state index contributed by atoms with van der Waals surface area (Å²) in [4.78, 5) is 2.92. The second-order valence-electron chi connectivity index (χ2n) is 2.18. The molecule has 1 aromatic carbocycles. The van der Waals surface area contributed by atoms with Gasteiger partial charge in [0.1, 0.15) is 5.82 Å². The number of aromatic nitrogens is 1. The fourth-order valence-electron chi connectivity index (χ4n) is 1.05. The van der Waals surface area contributed by atoms with Crippen LogP contribution in [0.3, 0.4) is 0 Å². The number of aromatic amines is 1. The maximum Gasteiger partial charge on any atom is 0.132 e.